The third-order valence-corrected chi connectivity index (χ3v) is 7.16. The standard InChI is InChI=1S/C21H23N3O3S/c1-15-6-7-18(14-16(15)2)21-22-20(23-27-21)17-8-10-19(11-9-17)28(25,26)24-12-4-3-5-13-24/h6-11,14H,3-5,12-13H2,1-2H3. The lowest BCUT2D eigenvalue weighted by Crippen LogP contribution is -2.35. The van der Waals surface area contributed by atoms with Crippen molar-refractivity contribution in [1.82, 2.24) is 14.4 Å². The van der Waals surface area contributed by atoms with Crippen molar-refractivity contribution in [3.05, 3.63) is 53.6 Å². The first-order valence-corrected chi connectivity index (χ1v) is 10.9. The van der Waals surface area contributed by atoms with Crippen LogP contribution in [0.15, 0.2) is 51.9 Å². The minimum absolute atomic E-state index is 0.302. The van der Waals surface area contributed by atoms with Crippen LogP contribution in [0, 0.1) is 13.8 Å². The van der Waals surface area contributed by atoms with Gasteiger partial charge in [0.05, 0.1) is 4.90 Å². The van der Waals surface area contributed by atoms with Crippen LogP contribution in [-0.4, -0.2) is 36.0 Å². The molecule has 146 valence electrons. The quantitative estimate of drug-likeness (QED) is 0.660. The summed E-state index contributed by atoms with van der Waals surface area (Å²) in [6.07, 6.45) is 2.93. The molecule has 1 fully saturated rings. The van der Waals surface area contributed by atoms with E-state index in [1.165, 1.54) is 5.56 Å². The molecule has 0 aliphatic carbocycles. The largest absolute Gasteiger partial charge is 0.334 e. The van der Waals surface area contributed by atoms with Crippen LogP contribution < -0.4 is 0 Å². The highest BCUT2D eigenvalue weighted by Crippen LogP contribution is 2.26. The molecular weight excluding hydrogens is 374 g/mol. The molecule has 1 aliphatic heterocycles. The lowest BCUT2D eigenvalue weighted by atomic mass is 10.1. The van der Waals surface area contributed by atoms with Crippen molar-refractivity contribution in [1.29, 1.82) is 0 Å². The maximum atomic E-state index is 12.8. The lowest BCUT2D eigenvalue weighted by molar-refractivity contribution is 0.346. The monoisotopic (exact) mass is 397 g/mol. The summed E-state index contributed by atoms with van der Waals surface area (Å²) < 4.78 is 32.5. The van der Waals surface area contributed by atoms with Gasteiger partial charge in [0.15, 0.2) is 0 Å². The van der Waals surface area contributed by atoms with Crippen molar-refractivity contribution < 1.29 is 12.9 Å². The molecule has 7 heteroatoms. The van der Waals surface area contributed by atoms with Crippen molar-refractivity contribution in [2.45, 2.75) is 38.0 Å². The summed E-state index contributed by atoms with van der Waals surface area (Å²) in [4.78, 5) is 4.77. The lowest BCUT2D eigenvalue weighted by Gasteiger charge is -2.25. The molecule has 0 spiro atoms. The van der Waals surface area contributed by atoms with Gasteiger partial charge < -0.3 is 4.52 Å². The molecular formula is C21H23N3O3S. The molecule has 0 atom stereocenters. The van der Waals surface area contributed by atoms with E-state index in [0.717, 1.165) is 36.0 Å². The first-order valence-electron chi connectivity index (χ1n) is 9.47. The van der Waals surface area contributed by atoms with Crippen LogP contribution in [0.3, 0.4) is 0 Å². The van der Waals surface area contributed by atoms with Crippen molar-refractivity contribution in [2.75, 3.05) is 13.1 Å². The Morgan fingerprint density at radius 3 is 2.25 bits per heavy atom. The Kier molecular flexibility index (Phi) is 5.03. The van der Waals surface area contributed by atoms with Crippen LogP contribution in [0.4, 0.5) is 0 Å². The highest BCUT2D eigenvalue weighted by Gasteiger charge is 2.26. The van der Waals surface area contributed by atoms with E-state index in [2.05, 4.69) is 17.1 Å². The van der Waals surface area contributed by atoms with Crippen LogP contribution >= 0.6 is 0 Å². The summed E-state index contributed by atoms with van der Waals surface area (Å²) in [5, 5.41) is 4.05. The first kappa shape index (κ1) is 18.8. The highest BCUT2D eigenvalue weighted by atomic mass is 32.2. The van der Waals surface area contributed by atoms with Gasteiger partial charge in [0.1, 0.15) is 0 Å². The molecule has 0 unspecified atom stereocenters. The smallest absolute Gasteiger partial charge is 0.258 e. The van der Waals surface area contributed by atoms with Gasteiger partial charge in [-0.3, -0.25) is 0 Å². The number of rotatable bonds is 4. The first-order chi connectivity index (χ1) is 13.4. The Hall–Kier alpha value is -2.51. The molecule has 6 nitrogen and oxygen atoms in total. The number of nitrogens with zero attached hydrogens (tertiary/aromatic N) is 3. The zero-order chi connectivity index (χ0) is 19.7. The second-order valence-corrected chi connectivity index (χ2v) is 9.15. The average Bonchev–Trinajstić information content (AvgIpc) is 3.21. The number of sulfonamides is 1. The second-order valence-electron chi connectivity index (χ2n) is 7.21. The number of aryl methyl sites for hydroxylation is 2. The maximum Gasteiger partial charge on any atom is 0.258 e. The molecule has 28 heavy (non-hydrogen) atoms. The molecule has 0 amide bonds. The van der Waals surface area contributed by atoms with E-state index < -0.39 is 10.0 Å². The maximum absolute atomic E-state index is 12.8. The fourth-order valence-electron chi connectivity index (χ4n) is 3.36. The van der Waals surface area contributed by atoms with Crippen molar-refractivity contribution in [3.8, 4) is 22.8 Å². The Morgan fingerprint density at radius 2 is 1.57 bits per heavy atom. The summed E-state index contributed by atoms with van der Waals surface area (Å²) >= 11 is 0. The number of aromatic nitrogens is 2. The van der Waals surface area contributed by atoms with Gasteiger partial charge in [-0.15, -0.1) is 0 Å². The normalized spacial score (nSPS) is 15.6. The van der Waals surface area contributed by atoms with Crippen molar-refractivity contribution >= 4 is 10.0 Å². The van der Waals surface area contributed by atoms with Crippen LogP contribution in [0.25, 0.3) is 22.8 Å². The summed E-state index contributed by atoms with van der Waals surface area (Å²) in [7, 11) is -3.44. The van der Waals surface area contributed by atoms with E-state index in [0.29, 0.717) is 29.7 Å². The van der Waals surface area contributed by atoms with E-state index in [9.17, 15) is 8.42 Å². The highest BCUT2D eigenvalue weighted by molar-refractivity contribution is 7.89. The second kappa shape index (κ2) is 7.48. The van der Waals surface area contributed by atoms with Crippen LogP contribution in [0.2, 0.25) is 0 Å². The van der Waals surface area contributed by atoms with Gasteiger partial charge in [-0.05, 0) is 74.2 Å². The molecule has 0 N–H and O–H groups in total. The minimum atomic E-state index is -3.44. The van der Waals surface area contributed by atoms with Gasteiger partial charge in [-0.2, -0.15) is 9.29 Å². The van der Waals surface area contributed by atoms with E-state index in [1.54, 1.807) is 28.6 Å². The van der Waals surface area contributed by atoms with Gasteiger partial charge >= 0.3 is 0 Å². The number of hydrogen-bond donors (Lipinski definition) is 0. The predicted octanol–water partition coefficient (Wildman–Crippen LogP) is 4.20. The molecule has 1 aromatic heterocycles. The third-order valence-electron chi connectivity index (χ3n) is 5.25. The molecule has 1 saturated heterocycles. The third kappa shape index (κ3) is 3.59. The van der Waals surface area contributed by atoms with E-state index in [4.69, 9.17) is 4.52 Å². The van der Waals surface area contributed by atoms with E-state index >= 15 is 0 Å². The summed E-state index contributed by atoms with van der Waals surface area (Å²) in [5.74, 6) is 0.887. The zero-order valence-corrected chi connectivity index (χ0v) is 16.9. The summed E-state index contributed by atoms with van der Waals surface area (Å²) in [5.41, 5.74) is 3.95. The van der Waals surface area contributed by atoms with Gasteiger partial charge in [-0.1, -0.05) is 17.6 Å². The fourth-order valence-corrected chi connectivity index (χ4v) is 4.88. The molecule has 3 aromatic rings. The van der Waals surface area contributed by atoms with E-state index in [-0.39, 0.29) is 0 Å². The van der Waals surface area contributed by atoms with Gasteiger partial charge in [-0.25, -0.2) is 8.42 Å². The topological polar surface area (TPSA) is 76.3 Å². The fraction of sp³-hybridized carbons (Fsp3) is 0.333. The SMILES string of the molecule is Cc1ccc(-c2nc(-c3ccc(S(=O)(=O)N4CCCCC4)cc3)no2)cc1C. The zero-order valence-electron chi connectivity index (χ0n) is 16.1. The molecule has 0 saturated carbocycles. The summed E-state index contributed by atoms with van der Waals surface area (Å²) in [6.45, 7) is 5.28. The Bertz CT molecular complexity index is 1080. The molecule has 0 radical (unpaired) electrons. The van der Waals surface area contributed by atoms with Gasteiger partial charge in [0.25, 0.3) is 5.89 Å². The van der Waals surface area contributed by atoms with Crippen molar-refractivity contribution in [2.24, 2.45) is 0 Å². The van der Waals surface area contributed by atoms with Crippen LogP contribution in [0.1, 0.15) is 30.4 Å². The Labute approximate surface area is 165 Å². The van der Waals surface area contributed by atoms with Crippen molar-refractivity contribution in [3.63, 3.8) is 0 Å². The number of benzene rings is 2. The van der Waals surface area contributed by atoms with Crippen LogP contribution in [-0.2, 0) is 10.0 Å². The number of piperidine rings is 1. The molecule has 1 aliphatic rings. The molecule has 2 heterocycles. The van der Waals surface area contributed by atoms with E-state index in [1.807, 2.05) is 25.1 Å². The van der Waals surface area contributed by atoms with Gasteiger partial charge in [0.2, 0.25) is 15.8 Å². The Balaban J connectivity index is 1.57. The summed E-state index contributed by atoms with van der Waals surface area (Å²) in [6, 6.07) is 12.7. The Morgan fingerprint density at radius 1 is 0.893 bits per heavy atom. The predicted molar refractivity (Wildman–Crippen MR) is 107 cm³/mol. The average molecular weight is 398 g/mol. The molecule has 0 bridgehead atoms. The minimum Gasteiger partial charge on any atom is -0.334 e. The van der Waals surface area contributed by atoms with Gasteiger partial charge in [0, 0.05) is 24.2 Å². The van der Waals surface area contributed by atoms with Crippen LogP contribution in [0.5, 0.6) is 0 Å². The molecule has 2 aromatic carbocycles. The number of hydrogen-bond acceptors (Lipinski definition) is 5. The molecule has 4 rings (SSSR count).